The molecule has 0 spiro atoms. The van der Waals surface area contributed by atoms with Gasteiger partial charge in [-0.2, -0.15) is 0 Å². The molecule has 0 saturated carbocycles. The van der Waals surface area contributed by atoms with Gasteiger partial charge in [-0.3, -0.25) is 4.79 Å². The van der Waals surface area contributed by atoms with E-state index in [0.29, 0.717) is 5.56 Å². The maximum Gasteiger partial charge on any atom is 0.195 e. The van der Waals surface area contributed by atoms with Gasteiger partial charge in [0.1, 0.15) is 5.82 Å². The first-order valence-electron chi connectivity index (χ1n) is 10.2. The van der Waals surface area contributed by atoms with Crippen molar-refractivity contribution in [2.75, 3.05) is 0 Å². The highest BCUT2D eigenvalue weighted by atomic mass is 19.1. The zero-order valence-corrected chi connectivity index (χ0v) is 16.5. The summed E-state index contributed by atoms with van der Waals surface area (Å²) in [5.41, 5.74) is 5.69. The van der Waals surface area contributed by atoms with Crippen molar-refractivity contribution in [3.05, 3.63) is 94.8 Å². The molecule has 3 aromatic carbocycles. The van der Waals surface area contributed by atoms with Crippen LogP contribution < -0.4 is 0 Å². The molecule has 0 radical (unpaired) electrons. The third-order valence-corrected chi connectivity index (χ3v) is 6.00. The Labute approximate surface area is 166 Å². The van der Waals surface area contributed by atoms with Crippen molar-refractivity contribution in [1.29, 1.82) is 0 Å². The molecule has 0 aromatic heterocycles. The fraction of sp³-hybridized carbons (Fsp3) is 0.269. The van der Waals surface area contributed by atoms with Gasteiger partial charge in [-0.05, 0) is 53.3 Å². The van der Waals surface area contributed by atoms with Crippen LogP contribution in [-0.2, 0) is 5.41 Å². The third kappa shape index (κ3) is 2.79. The topological polar surface area (TPSA) is 17.1 Å². The second-order valence-corrected chi connectivity index (χ2v) is 7.70. The number of carbonyl (C=O) groups excluding carboxylic acids is 1. The SMILES string of the molecule is CCCC1(CCC)c2ccccc2-c2ccc(C(=O)c3ccccc3F)cc21. The number of ketones is 1. The Morgan fingerprint density at radius 1 is 0.821 bits per heavy atom. The van der Waals surface area contributed by atoms with Crippen LogP contribution in [0.1, 0.15) is 66.6 Å². The minimum atomic E-state index is -0.468. The van der Waals surface area contributed by atoms with Gasteiger partial charge in [-0.25, -0.2) is 4.39 Å². The standard InChI is InChI=1S/C26H25FO/c1-3-15-26(16-4-2)22-11-7-5-9-19(22)20-14-13-18(17-23(20)26)25(28)21-10-6-8-12-24(21)27/h5-14,17H,3-4,15-16H2,1-2H3. The van der Waals surface area contributed by atoms with Crippen molar-refractivity contribution in [2.24, 2.45) is 0 Å². The van der Waals surface area contributed by atoms with Gasteiger partial charge in [0.25, 0.3) is 0 Å². The molecule has 0 fully saturated rings. The van der Waals surface area contributed by atoms with Gasteiger partial charge < -0.3 is 0 Å². The number of rotatable bonds is 6. The Kier molecular flexibility index (Phi) is 4.89. The van der Waals surface area contributed by atoms with E-state index in [9.17, 15) is 9.18 Å². The van der Waals surface area contributed by atoms with E-state index < -0.39 is 5.82 Å². The van der Waals surface area contributed by atoms with Gasteiger partial charge in [0.15, 0.2) is 5.78 Å². The van der Waals surface area contributed by atoms with Gasteiger partial charge in [0, 0.05) is 11.0 Å². The molecule has 3 aromatic rings. The number of hydrogen-bond acceptors (Lipinski definition) is 1. The Bertz CT molecular complexity index is 1030. The van der Waals surface area contributed by atoms with Crippen LogP contribution in [0.2, 0.25) is 0 Å². The minimum Gasteiger partial charge on any atom is -0.288 e. The Morgan fingerprint density at radius 2 is 1.46 bits per heavy atom. The van der Waals surface area contributed by atoms with E-state index in [-0.39, 0.29) is 16.8 Å². The molecule has 1 aliphatic rings. The van der Waals surface area contributed by atoms with Crippen molar-refractivity contribution in [3.63, 3.8) is 0 Å². The average molecular weight is 372 g/mol. The summed E-state index contributed by atoms with van der Waals surface area (Å²) in [6.45, 7) is 4.43. The van der Waals surface area contributed by atoms with Crippen molar-refractivity contribution < 1.29 is 9.18 Å². The summed E-state index contributed by atoms with van der Waals surface area (Å²) in [5, 5.41) is 0. The molecule has 28 heavy (non-hydrogen) atoms. The molecular weight excluding hydrogens is 347 g/mol. The molecule has 2 heteroatoms. The van der Waals surface area contributed by atoms with Crippen molar-refractivity contribution in [3.8, 4) is 11.1 Å². The van der Waals surface area contributed by atoms with Gasteiger partial charge in [0.05, 0.1) is 5.56 Å². The molecule has 0 N–H and O–H groups in total. The largest absolute Gasteiger partial charge is 0.288 e. The van der Waals surface area contributed by atoms with E-state index in [1.54, 1.807) is 18.2 Å². The lowest BCUT2D eigenvalue weighted by Gasteiger charge is -2.32. The van der Waals surface area contributed by atoms with Gasteiger partial charge in [0.2, 0.25) is 0 Å². The highest BCUT2D eigenvalue weighted by Gasteiger charge is 2.41. The minimum absolute atomic E-state index is 0.0685. The van der Waals surface area contributed by atoms with Crippen LogP contribution in [0.25, 0.3) is 11.1 Å². The molecule has 0 aliphatic heterocycles. The maximum absolute atomic E-state index is 14.2. The lowest BCUT2D eigenvalue weighted by molar-refractivity contribution is 0.103. The van der Waals surface area contributed by atoms with Crippen LogP contribution >= 0.6 is 0 Å². The average Bonchev–Trinajstić information content (AvgIpc) is 2.98. The molecule has 1 aliphatic carbocycles. The van der Waals surface area contributed by atoms with Gasteiger partial charge in [-0.1, -0.05) is 75.2 Å². The van der Waals surface area contributed by atoms with Crippen LogP contribution in [0.15, 0.2) is 66.7 Å². The Hall–Kier alpha value is -2.74. The molecular formula is C26H25FO. The molecule has 4 rings (SSSR count). The summed E-state index contributed by atoms with van der Waals surface area (Å²) in [7, 11) is 0. The van der Waals surface area contributed by atoms with Crippen LogP contribution in [-0.4, -0.2) is 5.78 Å². The summed E-state index contributed by atoms with van der Waals surface area (Å²) in [6, 6.07) is 20.7. The molecule has 1 nitrogen and oxygen atoms in total. The maximum atomic E-state index is 14.2. The summed E-state index contributed by atoms with van der Waals surface area (Å²) >= 11 is 0. The summed E-state index contributed by atoms with van der Waals surface area (Å²) in [5.74, 6) is -0.719. The lowest BCUT2D eigenvalue weighted by Crippen LogP contribution is -2.25. The van der Waals surface area contributed by atoms with Crippen molar-refractivity contribution in [2.45, 2.75) is 44.9 Å². The molecule has 0 amide bonds. The highest BCUT2D eigenvalue weighted by Crippen LogP contribution is 2.53. The molecule has 0 saturated heterocycles. The van der Waals surface area contributed by atoms with E-state index in [0.717, 1.165) is 25.7 Å². The first kappa shape index (κ1) is 18.6. The van der Waals surface area contributed by atoms with E-state index in [1.165, 1.54) is 28.3 Å². The van der Waals surface area contributed by atoms with E-state index in [4.69, 9.17) is 0 Å². The summed E-state index contributed by atoms with van der Waals surface area (Å²) in [4.78, 5) is 13.0. The zero-order chi connectivity index (χ0) is 19.7. The van der Waals surface area contributed by atoms with Crippen molar-refractivity contribution >= 4 is 5.78 Å². The first-order valence-corrected chi connectivity index (χ1v) is 10.2. The predicted molar refractivity (Wildman–Crippen MR) is 112 cm³/mol. The van der Waals surface area contributed by atoms with E-state index in [2.05, 4.69) is 44.2 Å². The van der Waals surface area contributed by atoms with Crippen LogP contribution in [0.3, 0.4) is 0 Å². The monoisotopic (exact) mass is 372 g/mol. The molecule has 0 atom stereocenters. The number of carbonyl (C=O) groups is 1. The predicted octanol–water partition coefficient (Wildman–Crippen LogP) is 6.92. The van der Waals surface area contributed by atoms with Gasteiger partial charge >= 0.3 is 0 Å². The summed E-state index contributed by atoms with van der Waals surface area (Å²) in [6.07, 6.45) is 4.23. The number of halogens is 1. The fourth-order valence-corrected chi connectivity index (χ4v) is 4.91. The molecule has 0 bridgehead atoms. The first-order chi connectivity index (χ1) is 13.6. The quantitative estimate of drug-likeness (QED) is 0.429. The smallest absolute Gasteiger partial charge is 0.195 e. The Balaban J connectivity index is 1.89. The van der Waals surface area contributed by atoms with Crippen LogP contribution in [0.4, 0.5) is 4.39 Å². The van der Waals surface area contributed by atoms with Crippen molar-refractivity contribution in [1.82, 2.24) is 0 Å². The second-order valence-electron chi connectivity index (χ2n) is 7.70. The molecule has 142 valence electrons. The van der Waals surface area contributed by atoms with Crippen LogP contribution in [0, 0.1) is 5.82 Å². The molecule has 0 heterocycles. The second kappa shape index (κ2) is 7.35. The van der Waals surface area contributed by atoms with Gasteiger partial charge in [-0.15, -0.1) is 0 Å². The third-order valence-electron chi connectivity index (χ3n) is 6.00. The Morgan fingerprint density at radius 3 is 2.18 bits per heavy atom. The summed E-state index contributed by atoms with van der Waals surface area (Å²) < 4.78 is 14.2. The zero-order valence-electron chi connectivity index (χ0n) is 16.5. The molecule has 0 unspecified atom stereocenters. The highest BCUT2D eigenvalue weighted by molar-refractivity contribution is 6.09. The fourth-order valence-electron chi connectivity index (χ4n) is 4.91. The lowest BCUT2D eigenvalue weighted by atomic mass is 9.71. The normalized spacial score (nSPS) is 13.8. The van der Waals surface area contributed by atoms with Crippen LogP contribution in [0.5, 0.6) is 0 Å². The number of hydrogen-bond donors (Lipinski definition) is 0. The van der Waals surface area contributed by atoms with E-state index >= 15 is 0 Å². The van der Waals surface area contributed by atoms with E-state index in [1.807, 2.05) is 12.1 Å². The number of fused-ring (bicyclic) bond motifs is 3. The number of benzene rings is 3.